The van der Waals surface area contributed by atoms with E-state index in [1.165, 1.54) is 29.2 Å². The molecule has 0 fully saturated rings. The van der Waals surface area contributed by atoms with Crippen LogP contribution in [0.1, 0.15) is 119 Å². The summed E-state index contributed by atoms with van der Waals surface area (Å²) in [6.07, 6.45) is 9.56. The summed E-state index contributed by atoms with van der Waals surface area (Å²) < 4.78 is 0. The first-order chi connectivity index (χ1) is 15.3. The molecule has 2 rings (SSSR count). The first-order valence-corrected chi connectivity index (χ1v) is 13.0. The predicted octanol–water partition coefficient (Wildman–Crippen LogP) is 7.03. The molecule has 178 valence electrons. The van der Waals surface area contributed by atoms with Gasteiger partial charge in [0, 0.05) is 17.9 Å². The molecule has 0 saturated carbocycles. The van der Waals surface area contributed by atoms with Crippen LogP contribution in [0.5, 0.6) is 0 Å². The molecule has 0 aliphatic heterocycles. The summed E-state index contributed by atoms with van der Waals surface area (Å²) in [5.74, 6) is 0.810. The minimum Gasteiger partial charge on any atom is -0.300 e. The lowest BCUT2D eigenvalue weighted by molar-refractivity contribution is -0.129. The molecule has 3 nitrogen and oxygen atoms in total. The molecule has 3 heteroatoms. The van der Waals surface area contributed by atoms with Crippen LogP contribution in [0.3, 0.4) is 0 Å². The van der Waals surface area contributed by atoms with Crippen molar-refractivity contribution in [1.82, 2.24) is 0 Å². The van der Waals surface area contributed by atoms with Gasteiger partial charge in [0.05, 0.1) is 6.42 Å². The zero-order valence-electron chi connectivity index (χ0n) is 21.3. The van der Waals surface area contributed by atoms with E-state index < -0.39 is 0 Å². The maximum atomic E-state index is 13.4. The van der Waals surface area contributed by atoms with E-state index in [9.17, 15) is 14.4 Å². The fourth-order valence-corrected chi connectivity index (χ4v) is 5.90. The maximum absolute atomic E-state index is 13.4. The van der Waals surface area contributed by atoms with Crippen LogP contribution in [0.4, 0.5) is 0 Å². The topological polar surface area (TPSA) is 51.2 Å². The second-order valence-corrected chi connectivity index (χ2v) is 9.97. The third kappa shape index (κ3) is 6.39. The summed E-state index contributed by atoms with van der Waals surface area (Å²) in [5, 5.41) is 0. The van der Waals surface area contributed by atoms with E-state index in [0.29, 0.717) is 12.2 Å². The minimum atomic E-state index is -0.0703. The summed E-state index contributed by atoms with van der Waals surface area (Å²) in [6, 6.07) is 2.36. The van der Waals surface area contributed by atoms with Crippen molar-refractivity contribution in [3.63, 3.8) is 0 Å². The molecule has 0 amide bonds. The molecule has 3 unspecified atom stereocenters. The maximum Gasteiger partial charge on any atom is 0.163 e. The largest absolute Gasteiger partial charge is 0.300 e. The van der Waals surface area contributed by atoms with Crippen LogP contribution in [0.25, 0.3) is 0 Å². The van der Waals surface area contributed by atoms with Gasteiger partial charge >= 0.3 is 0 Å². The Labute approximate surface area is 195 Å². The van der Waals surface area contributed by atoms with Gasteiger partial charge in [0.1, 0.15) is 11.6 Å². The molecule has 1 aromatic carbocycles. The third-order valence-electron chi connectivity index (χ3n) is 7.46. The first kappa shape index (κ1) is 26.5. The first-order valence-electron chi connectivity index (χ1n) is 13.0. The molecule has 1 aliphatic rings. The molecule has 0 heterocycles. The van der Waals surface area contributed by atoms with Gasteiger partial charge in [0.2, 0.25) is 0 Å². The molecule has 3 atom stereocenters. The summed E-state index contributed by atoms with van der Waals surface area (Å²) in [6.45, 7) is 12.2. The Morgan fingerprint density at radius 3 is 2.34 bits per heavy atom. The van der Waals surface area contributed by atoms with Crippen LogP contribution in [-0.2, 0) is 28.9 Å². The molecule has 0 saturated heterocycles. The van der Waals surface area contributed by atoms with Gasteiger partial charge in [0.15, 0.2) is 5.78 Å². The normalized spacial score (nSPS) is 17.7. The van der Waals surface area contributed by atoms with E-state index in [1.807, 2.05) is 0 Å². The number of unbranched alkanes of at least 4 members (excludes halogenated alkanes) is 1. The van der Waals surface area contributed by atoms with Crippen LogP contribution in [0, 0.1) is 24.7 Å². The zero-order chi connectivity index (χ0) is 23.8. The predicted molar refractivity (Wildman–Crippen MR) is 132 cm³/mol. The summed E-state index contributed by atoms with van der Waals surface area (Å²) >= 11 is 0. The fraction of sp³-hybridized carbons (Fsp3) is 0.690. The smallest absolute Gasteiger partial charge is 0.163 e. The Morgan fingerprint density at radius 1 is 1.06 bits per heavy atom. The lowest BCUT2D eigenvalue weighted by Crippen LogP contribution is -2.30. The third-order valence-corrected chi connectivity index (χ3v) is 7.46. The van der Waals surface area contributed by atoms with E-state index in [0.717, 1.165) is 63.4 Å². The standard InChI is InChI=1S/C29H44O3/c1-7-11-13-24-18-22(9-3)20(6)29-26(24)16-21(17-28(29)32)15-23(12-8-2)25(10-4)27(31)14-19(5)30/h18,21,23,25H,7-17H2,1-6H3. The van der Waals surface area contributed by atoms with Crippen molar-refractivity contribution in [2.75, 3.05) is 0 Å². The molecule has 32 heavy (non-hydrogen) atoms. The summed E-state index contributed by atoms with van der Waals surface area (Å²) in [7, 11) is 0. The van der Waals surface area contributed by atoms with E-state index in [4.69, 9.17) is 0 Å². The molecule has 0 radical (unpaired) electrons. The van der Waals surface area contributed by atoms with Gasteiger partial charge in [-0.2, -0.15) is 0 Å². The van der Waals surface area contributed by atoms with Gasteiger partial charge in [-0.25, -0.2) is 0 Å². The van der Waals surface area contributed by atoms with Crippen LogP contribution >= 0.6 is 0 Å². The van der Waals surface area contributed by atoms with Crippen LogP contribution < -0.4 is 0 Å². The molecule has 1 aliphatic carbocycles. The van der Waals surface area contributed by atoms with E-state index in [-0.39, 0.29) is 35.7 Å². The number of hydrogen-bond donors (Lipinski definition) is 0. The molecule has 0 bridgehead atoms. The molecule has 0 spiro atoms. The van der Waals surface area contributed by atoms with E-state index >= 15 is 0 Å². The van der Waals surface area contributed by atoms with Gasteiger partial charge in [0.25, 0.3) is 0 Å². The Morgan fingerprint density at radius 2 is 1.78 bits per heavy atom. The summed E-state index contributed by atoms with van der Waals surface area (Å²) in [5.41, 5.74) is 6.14. The Bertz CT molecular complexity index is 820. The SMILES string of the molecule is CCCCc1cc(CC)c(C)c2c1CC(CC(CCC)C(CC)C(=O)CC(C)=O)CC2=O. The monoisotopic (exact) mass is 440 g/mol. The zero-order valence-corrected chi connectivity index (χ0v) is 21.3. The molecular weight excluding hydrogens is 396 g/mol. The van der Waals surface area contributed by atoms with E-state index in [1.54, 1.807) is 0 Å². The summed E-state index contributed by atoms with van der Waals surface area (Å²) in [4.78, 5) is 37.7. The van der Waals surface area contributed by atoms with Crippen molar-refractivity contribution in [1.29, 1.82) is 0 Å². The number of hydrogen-bond acceptors (Lipinski definition) is 3. The number of ketones is 3. The lowest BCUT2D eigenvalue weighted by atomic mass is 9.70. The van der Waals surface area contributed by atoms with Crippen molar-refractivity contribution in [2.24, 2.45) is 17.8 Å². The second-order valence-electron chi connectivity index (χ2n) is 9.97. The number of rotatable bonds is 13. The van der Waals surface area contributed by atoms with Crippen molar-refractivity contribution < 1.29 is 14.4 Å². The van der Waals surface area contributed by atoms with Gasteiger partial charge in [-0.15, -0.1) is 0 Å². The number of carbonyl (C=O) groups excluding carboxylic acids is 3. The van der Waals surface area contributed by atoms with Crippen LogP contribution in [0.15, 0.2) is 6.07 Å². The van der Waals surface area contributed by atoms with Gasteiger partial charge in [-0.05, 0) is 86.5 Å². The lowest BCUT2D eigenvalue weighted by Gasteiger charge is -2.33. The van der Waals surface area contributed by atoms with Crippen molar-refractivity contribution in [2.45, 2.75) is 112 Å². The quantitative estimate of drug-likeness (QED) is 0.309. The Hall–Kier alpha value is -1.77. The van der Waals surface area contributed by atoms with Crippen molar-refractivity contribution in [3.8, 4) is 0 Å². The van der Waals surface area contributed by atoms with E-state index in [2.05, 4.69) is 40.7 Å². The number of benzene rings is 1. The average molecular weight is 441 g/mol. The number of carbonyl (C=O) groups is 3. The van der Waals surface area contributed by atoms with Crippen molar-refractivity contribution >= 4 is 17.3 Å². The van der Waals surface area contributed by atoms with Crippen LogP contribution in [0.2, 0.25) is 0 Å². The Kier molecular flexibility index (Phi) is 10.3. The Balaban J connectivity index is 2.34. The number of fused-ring (bicyclic) bond motifs is 1. The second kappa shape index (κ2) is 12.5. The fourth-order valence-electron chi connectivity index (χ4n) is 5.90. The van der Waals surface area contributed by atoms with Crippen molar-refractivity contribution in [3.05, 3.63) is 33.9 Å². The van der Waals surface area contributed by atoms with Crippen LogP contribution in [-0.4, -0.2) is 17.3 Å². The van der Waals surface area contributed by atoms with Gasteiger partial charge < -0.3 is 0 Å². The van der Waals surface area contributed by atoms with Gasteiger partial charge in [-0.3, -0.25) is 14.4 Å². The highest BCUT2D eigenvalue weighted by molar-refractivity contribution is 6.01. The highest BCUT2D eigenvalue weighted by Crippen LogP contribution is 2.38. The molecule has 0 N–H and O–H groups in total. The molecular formula is C29H44O3. The highest BCUT2D eigenvalue weighted by atomic mass is 16.1. The average Bonchev–Trinajstić information content (AvgIpc) is 2.73. The molecule has 0 aromatic heterocycles. The molecule has 1 aromatic rings. The number of aryl methyl sites for hydroxylation is 2. The van der Waals surface area contributed by atoms with Gasteiger partial charge in [-0.1, -0.05) is 53.0 Å². The highest BCUT2D eigenvalue weighted by Gasteiger charge is 2.34. The minimum absolute atomic E-state index is 0.0469. The number of Topliss-reactive ketones (excluding diaryl/α,β-unsaturated/α-hetero) is 3.